The maximum Gasteiger partial charge on any atom is 0.259 e. The fraction of sp³-hybridized carbons (Fsp3) is 0.158. The summed E-state index contributed by atoms with van der Waals surface area (Å²) in [5, 5.41) is 7.81. The molecule has 1 aromatic heterocycles. The van der Waals surface area contributed by atoms with E-state index >= 15 is 0 Å². The number of anilines is 1. The lowest BCUT2D eigenvalue weighted by molar-refractivity contribution is 0.102. The van der Waals surface area contributed by atoms with Gasteiger partial charge >= 0.3 is 0 Å². The Morgan fingerprint density at radius 3 is 2.68 bits per heavy atom. The largest absolute Gasteiger partial charge is 0.322 e. The van der Waals surface area contributed by atoms with Crippen molar-refractivity contribution in [1.29, 1.82) is 0 Å². The molecule has 6 heteroatoms. The summed E-state index contributed by atoms with van der Waals surface area (Å²) in [4.78, 5) is 12.6. The van der Waals surface area contributed by atoms with Gasteiger partial charge in [0.15, 0.2) is 0 Å². The Bertz CT molecular complexity index is 936. The number of carbonyl (C=O) groups is 1. The third kappa shape index (κ3) is 3.72. The maximum absolute atomic E-state index is 13.3. The van der Waals surface area contributed by atoms with Crippen molar-refractivity contribution in [3.63, 3.8) is 0 Å². The van der Waals surface area contributed by atoms with Gasteiger partial charge in [-0.2, -0.15) is 5.10 Å². The highest BCUT2D eigenvalue weighted by Crippen LogP contribution is 2.20. The van der Waals surface area contributed by atoms with E-state index in [-0.39, 0.29) is 5.91 Å². The molecule has 0 radical (unpaired) electrons. The van der Waals surface area contributed by atoms with Crippen LogP contribution in [0.2, 0.25) is 5.02 Å². The molecule has 0 spiro atoms. The first kappa shape index (κ1) is 17.2. The van der Waals surface area contributed by atoms with Crippen molar-refractivity contribution in [2.45, 2.75) is 20.4 Å². The van der Waals surface area contributed by atoms with E-state index in [2.05, 4.69) is 10.4 Å². The van der Waals surface area contributed by atoms with Crippen molar-refractivity contribution in [2.75, 3.05) is 5.32 Å². The normalized spacial score (nSPS) is 10.7. The molecular weight excluding hydrogens is 341 g/mol. The topological polar surface area (TPSA) is 46.9 Å². The quantitative estimate of drug-likeness (QED) is 0.742. The second-order valence-electron chi connectivity index (χ2n) is 5.76. The van der Waals surface area contributed by atoms with Crippen molar-refractivity contribution in [3.05, 3.63) is 81.9 Å². The van der Waals surface area contributed by atoms with Gasteiger partial charge < -0.3 is 5.32 Å². The maximum atomic E-state index is 13.3. The number of amides is 1. The van der Waals surface area contributed by atoms with Gasteiger partial charge in [-0.3, -0.25) is 9.48 Å². The molecule has 0 atom stereocenters. The van der Waals surface area contributed by atoms with Gasteiger partial charge in [-0.25, -0.2) is 4.39 Å². The number of hydrogen-bond donors (Lipinski definition) is 1. The summed E-state index contributed by atoms with van der Waals surface area (Å²) in [6, 6.07) is 13.3. The molecule has 0 aliphatic carbocycles. The molecule has 0 aliphatic heterocycles. The predicted molar refractivity (Wildman–Crippen MR) is 96.6 cm³/mol. The van der Waals surface area contributed by atoms with Gasteiger partial charge in [0.2, 0.25) is 0 Å². The van der Waals surface area contributed by atoms with E-state index in [0.717, 1.165) is 11.3 Å². The SMILES string of the molecule is Cc1nn(Cc2ccccc2Cl)c(C)c1C(=O)Nc1cccc(F)c1. The van der Waals surface area contributed by atoms with Gasteiger partial charge in [0, 0.05) is 16.4 Å². The summed E-state index contributed by atoms with van der Waals surface area (Å²) in [5.74, 6) is -0.716. The van der Waals surface area contributed by atoms with Crippen LogP contribution in [0.4, 0.5) is 10.1 Å². The van der Waals surface area contributed by atoms with E-state index in [1.54, 1.807) is 23.7 Å². The van der Waals surface area contributed by atoms with Crippen LogP contribution >= 0.6 is 11.6 Å². The molecule has 0 saturated carbocycles. The smallest absolute Gasteiger partial charge is 0.259 e. The van der Waals surface area contributed by atoms with Gasteiger partial charge in [0.1, 0.15) is 5.82 Å². The highest BCUT2D eigenvalue weighted by molar-refractivity contribution is 6.31. The molecule has 3 rings (SSSR count). The number of aromatic nitrogens is 2. The minimum Gasteiger partial charge on any atom is -0.322 e. The molecule has 0 aliphatic rings. The standard InChI is InChI=1S/C19H17ClFN3O/c1-12-18(19(25)22-16-8-5-7-15(21)10-16)13(2)24(23-12)11-14-6-3-4-9-17(14)20/h3-10H,11H2,1-2H3,(H,22,25). The van der Waals surface area contributed by atoms with Crippen LogP contribution in [0.15, 0.2) is 48.5 Å². The second-order valence-corrected chi connectivity index (χ2v) is 6.17. The predicted octanol–water partition coefficient (Wildman–Crippen LogP) is 4.59. The fourth-order valence-corrected chi connectivity index (χ4v) is 2.92. The van der Waals surface area contributed by atoms with E-state index in [4.69, 9.17) is 11.6 Å². The Balaban J connectivity index is 1.86. The minimum absolute atomic E-state index is 0.314. The van der Waals surface area contributed by atoms with Gasteiger partial charge in [0.25, 0.3) is 5.91 Å². The molecule has 0 unspecified atom stereocenters. The number of rotatable bonds is 4. The highest BCUT2D eigenvalue weighted by atomic mass is 35.5. The Labute approximate surface area is 150 Å². The van der Waals surface area contributed by atoms with Gasteiger partial charge in [-0.1, -0.05) is 35.9 Å². The van der Waals surface area contributed by atoms with Crippen LogP contribution in [-0.4, -0.2) is 15.7 Å². The molecule has 1 heterocycles. The fourth-order valence-electron chi connectivity index (χ4n) is 2.73. The number of benzene rings is 2. The van der Waals surface area contributed by atoms with E-state index in [1.165, 1.54) is 12.1 Å². The summed E-state index contributed by atoms with van der Waals surface area (Å²) >= 11 is 6.20. The molecule has 1 amide bonds. The first-order chi connectivity index (χ1) is 12.0. The zero-order chi connectivity index (χ0) is 18.0. The van der Waals surface area contributed by atoms with Crippen LogP contribution in [-0.2, 0) is 6.54 Å². The number of carbonyl (C=O) groups excluding carboxylic acids is 1. The molecule has 25 heavy (non-hydrogen) atoms. The molecule has 0 saturated heterocycles. The Morgan fingerprint density at radius 1 is 1.20 bits per heavy atom. The molecule has 2 aromatic carbocycles. The van der Waals surface area contributed by atoms with Crippen LogP contribution in [0, 0.1) is 19.7 Å². The van der Waals surface area contributed by atoms with Gasteiger partial charge in [-0.15, -0.1) is 0 Å². The first-order valence-corrected chi connectivity index (χ1v) is 8.18. The van der Waals surface area contributed by atoms with Gasteiger partial charge in [0.05, 0.1) is 17.8 Å². The number of halogens is 2. The Morgan fingerprint density at radius 2 is 1.96 bits per heavy atom. The van der Waals surface area contributed by atoms with Crippen LogP contribution in [0.5, 0.6) is 0 Å². The van der Waals surface area contributed by atoms with Crippen molar-refractivity contribution in [2.24, 2.45) is 0 Å². The molecule has 128 valence electrons. The number of nitrogens with zero attached hydrogens (tertiary/aromatic N) is 2. The highest BCUT2D eigenvalue weighted by Gasteiger charge is 2.19. The molecule has 4 nitrogen and oxygen atoms in total. The first-order valence-electron chi connectivity index (χ1n) is 7.80. The van der Waals surface area contributed by atoms with E-state index < -0.39 is 5.82 Å². The Kier molecular flexibility index (Phi) is 4.86. The minimum atomic E-state index is -0.402. The molecule has 0 bridgehead atoms. The average molecular weight is 358 g/mol. The Hall–Kier alpha value is -2.66. The van der Waals surface area contributed by atoms with E-state index in [0.29, 0.717) is 28.5 Å². The van der Waals surface area contributed by atoms with Crippen LogP contribution < -0.4 is 5.32 Å². The number of nitrogens with one attached hydrogen (secondary N) is 1. The lowest BCUT2D eigenvalue weighted by atomic mass is 10.1. The van der Waals surface area contributed by atoms with Crippen LogP contribution in [0.25, 0.3) is 0 Å². The summed E-state index contributed by atoms with van der Waals surface area (Å²) in [5.41, 5.74) is 3.15. The third-order valence-corrected chi connectivity index (χ3v) is 4.34. The summed E-state index contributed by atoms with van der Waals surface area (Å²) in [7, 11) is 0. The van der Waals surface area contributed by atoms with E-state index in [9.17, 15) is 9.18 Å². The van der Waals surface area contributed by atoms with Crippen molar-refractivity contribution >= 4 is 23.2 Å². The van der Waals surface area contributed by atoms with Crippen molar-refractivity contribution in [1.82, 2.24) is 9.78 Å². The molecule has 0 fully saturated rings. The summed E-state index contributed by atoms with van der Waals surface area (Å²) < 4.78 is 15.0. The lowest BCUT2D eigenvalue weighted by Crippen LogP contribution is -2.14. The van der Waals surface area contributed by atoms with Gasteiger partial charge in [-0.05, 0) is 43.7 Å². The van der Waals surface area contributed by atoms with Crippen LogP contribution in [0.3, 0.4) is 0 Å². The molecular formula is C19H17ClFN3O. The zero-order valence-electron chi connectivity index (χ0n) is 13.9. The van der Waals surface area contributed by atoms with E-state index in [1.807, 2.05) is 31.2 Å². The average Bonchev–Trinajstić information content (AvgIpc) is 2.83. The number of aryl methyl sites for hydroxylation is 1. The second kappa shape index (κ2) is 7.07. The molecule has 1 N–H and O–H groups in total. The number of hydrogen-bond acceptors (Lipinski definition) is 2. The summed E-state index contributed by atoms with van der Waals surface area (Å²) in [6.45, 7) is 4.08. The van der Waals surface area contributed by atoms with Crippen molar-refractivity contribution in [3.8, 4) is 0 Å². The monoisotopic (exact) mass is 357 g/mol. The molecule has 3 aromatic rings. The summed E-state index contributed by atoms with van der Waals surface area (Å²) in [6.07, 6.45) is 0. The zero-order valence-corrected chi connectivity index (χ0v) is 14.6. The third-order valence-electron chi connectivity index (χ3n) is 3.97. The lowest BCUT2D eigenvalue weighted by Gasteiger charge is -2.08. The van der Waals surface area contributed by atoms with Crippen molar-refractivity contribution < 1.29 is 9.18 Å². The van der Waals surface area contributed by atoms with Crippen LogP contribution in [0.1, 0.15) is 27.3 Å².